The second-order valence-corrected chi connectivity index (χ2v) is 7.03. The number of aromatic hydroxyl groups is 1. The Kier molecular flexibility index (Phi) is 7.87. The summed E-state index contributed by atoms with van der Waals surface area (Å²) < 4.78 is 5.42. The largest absolute Gasteiger partial charge is 0.503 e. The van der Waals surface area contributed by atoms with Gasteiger partial charge in [-0.05, 0) is 52.2 Å². The van der Waals surface area contributed by atoms with Gasteiger partial charge in [-0.25, -0.2) is 5.43 Å². The van der Waals surface area contributed by atoms with E-state index in [0.717, 1.165) is 0 Å². The Hall–Kier alpha value is -3.47. The van der Waals surface area contributed by atoms with Crippen molar-refractivity contribution >= 4 is 45.3 Å². The molecule has 0 saturated carbocycles. The maximum atomic E-state index is 12.0. The summed E-state index contributed by atoms with van der Waals surface area (Å²) in [5.74, 6) is -0.865. The normalized spacial score (nSPS) is 10.6. The first kappa shape index (κ1) is 22.8. The lowest BCUT2D eigenvalue weighted by Gasteiger charge is -2.07. The van der Waals surface area contributed by atoms with Crippen LogP contribution in [0.1, 0.15) is 24.0 Å². The van der Waals surface area contributed by atoms with Crippen LogP contribution in [0.25, 0.3) is 0 Å². The third-order valence-corrected chi connectivity index (χ3v) is 4.48. The summed E-state index contributed by atoms with van der Waals surface area (Å²) in [6, 6.07) is 7.54. The molecular weight excluding hydrogens is 460 g/mol. The molecule has 0 spiro atoms. The summed E-state index contributed by atoms with van der Waals surface area (Å²) in [5, 5.41) is 27.1. The number of hydrogen-bond acceptors (Lipinski definition) is 7. The topological polar surface area (TPSA) is 143 Å². The number of nitrogens with zero attached hydrogens (tertiary/aromatic N) is 2. The lowest BCUT2D eigenvalue weighted by atomic mass is 10.2. The molecule has 2 aromatic carbocycles. The Morgan fingerprint density at radius 1 is 1.27 bits per heavy atom. The van der Waals surface area contributed by atoms with Gasteiger partial charge in [0.15, 0.2) is 11.5 Å². The fourth-order valence-corrected chi connectivity index (χ4v) is 2.86. The van der Waals surface area contributed by atoms with Gasteiger partial charge in [0.2, 0.25) is 11.8 Å². The minimum Gasteiger partial charge on any atom is -0.503 e. The van der Waals surface area contributed by atoms with E-state index in [-0.39, 0.29) is 35.7 Å². The van der Waals surface area contributed by atoms with E-state index in [4.69, 9.17) is 4.74 Å². The quantitative estimate of drug-likeness (QED) is 0.301. The van der Waals surface area contributed by atoms with Crippen LogP contribution in [-0.2, 0) is 9.59 Å². The van der Waals surface area contributed by atoms with E-state index >= 15 is 0 Å². The first-order valence-electron chi connectivity index (χ1n) is 8.64. The van der Waals surface area contributed by atoms with E-state index in [2.05, 4.69) is 31.8 Å². The van der Waals surface area contributed by atoms with Crippen molar-refractivity contribution in [1.82, 2.24) is 5.43 Å². The molecule has 0 heterocycles. The zero-order chi connectivity index (χ0) is 22.3. The number of anilines is 1. The van der Waals surface area contributed by atoms with Gasteiger partial charge >= 0.3 is 0 Å². The molecular formula is C19H19BrN4O6. The van der Waals surface area contributed by atoms with Crippen molar-refractivity contribution in [2.75, 3.05) is 12.4 Å². The molecule has 0 bridgehead atoms. The average Bonchev–Trinajstić information content (AvgIpc) is 2.70. The Morgan fingerprint density at radius 3 is 2.63 bits per heavy atom. The number of nitro groups is 1. The predicted molar refractivity (Wildman–Crippen MR) is 114 cm³/mol. The van der Waals surface area contributed by atoms with Crippen molar-refractivity contribution in [3.8, 4) is 11.5 Å². The number of hydrogen-bond donors (Lipinski definition) is 3. The number of benzene rings is 2. The highest BCUT2D eigenvalue weighted by atomic mass is 79.9. The molecule has 2 rings (SSSR count). The summed E-state index contributed by atoms with van der Waals surface area (Å²) >= 11 is 3.18. The molecule has 0 radical (unpaired) electrons. The number of halogens is 1. The number of nitro benzene ring substituents is 1. The highest BCUT2D eigenvalue weighted by Gasteiger charge is 2.16. The van der Waals surface area contributed by atoms with Crippen LogP contribution in [-0.4, -0.2) is 35.2 Å². The van der Waals surface area contributed by atoms with Gasteiger partial charge in [0, 0.05) is 18.9 Å². The number of carbonyl (C=O) groups excluding carboxylic acids is 2. The van der Waals surface area contributed by atoms with Gasteiger partial charge < -0.3 is 15.2 Å². The summed E-state index contributed by atoms with van der Waals surface area (Å²) in [6.07, 6.45) is 1.01. The molecule has 0 aromatic heterocycles. The number of hydrazone groups is 1. The molecule has 158 valence electrons. The molecule has 30 heavy (non-hydrogen) atoms. The van der Waals surface area contributed by atoms with Crippen molar-refractivity contribution in [2.45, 2.75) is 19.8 Å². The number of phenolic OH excluding ortho intramolecular Hbond substituents is 1. The van der Waals surface area contributed by atoms with Gasteiger partial charge in [0.05, 0.1) is 22.7 Å². The summed E-state index contributed by atoms with van der Waals surface area (Å²) in [5.41, 5.74) is 3.38. The predicted octanol–water partition coefficient (Wildman–Crippen LogP) is 3.25. The highest BCUT2D eigenvalue weighted by Crippen LogP contribution is 2.34. The average molecular weight is 479 g/mol. The fourth-order valence-electron chi connectivity index (χ4n) is 2.40. The molecule has 10 nitrogen and oxygen atoms in total. The number of phenols is 1. The Labute approximate surface area is 180 Å². The number of carbonyl (C=O) groups is 2. The molecule has 0 aliphatic carbocycles. The molecule has 0 unspecified atom stereocenters. The van der Waals surface area contributed by atoms with Crippen molar-refractivity contribution in [1.29, 1.82) is 0 Å². The lowest BCUT2D eigenvalue weighted by Crippen LogP contribution is -2.21. The Morgan fingerprint density at radius 2 is 1.97 bits per heavy atom. The summed E-state index contributed by atoms with van der Waals surface area (Å²) in [7, 11) is 1.40. The van der Waals surface area contributed by atoms with Gasteiger partial charge in [-0.15, -0.1) is 0 Å². The number of methoxy groups -OCH3 is 1. The number of nitrogens with one attached hydrogen (secondary N) is 2. The number of rotatable bonds is 8. The van der Waals surface area contributed by atoms with Crippen LogP contribution < -0.4 is 15.5 Å². The van der Waals surface area contributed by atoms with Crippen molar-refractivity contribution in [2.24, 2.45) is 5.10 Å². The minimum absolute atomic E-state index is 0.0569. The van der Waals surface area contributed by atoms with Gasteiger partial charge in [-0.2, -0.15) is 5.10 Å². The SMILES string of the molecule is COc1cc(/C=N/NC(=O)CCC(=O)Nc2ccc(C)cc2[N+](=O)[O-])cc(Br)c1O. The zero-order valence-corrected chi connectivity index (χ0v) is 17.7. The Bertz CT molecular complexity index is 1010. The van der Waals surface area contributed by atoms with Crippen molar-refractivity contribution in [3.63, 3.8) is 0 Å². The third-order valence-electron chi connectivity index (χ3n) is 3.88. The first-order valence-corrected chi connectivity index (χ1v) is 9.44. The van der Waals surface area contributed by atoms with Crippen LogP contribution in [0.2, 0.25) is 0 Å². The summed E-state index contributed by atoms with van der Waals surface area (Å²) in [6.45, 7) is 1.70. The maximum absolute atomic E-state index is 12.0. The molecule has 3 N–H and O–H groups in total. The van der Waals surface area contributed by atoms with Gasteiger partial charge in [-0.3, -0.25) is 19.7 Å². The molecule has 0 atom stereocenters. The van der Waals surface area contributed by atoms with Crippen molar-refractivity contribution < 1.29 is 24.4 Å². The number of ether oxygens (including phenoxy) is 1. The maximum Gasteiger partial charge on any atom is 0.293 e. The van der Waals surface area contributed by atoms with Crippen LogP contribution in [0.5, 0.6) is 11.5 Å². The number of amides is 2. The minimum atomic E-state index is -0.583. The van der Waals surface area contributed by atoms with Crippen LogP contribution in [0.3, 0.4) is 0 Å². The molecule has 0 saturated heterocycles. The van der Waals surface area contributed by atoms with Gasteiger partial charge in [0.1, 0.15) is 5.69 Å². The smallest absolute Gasteiger partial charge is 0.293 e. The van der Waals surface area contributed by atoms with E-state index in [1.54, 1.807) is 19.1 Å². The van der Waals surface area contributed by atoms with Crippen LogP contribution >= 0.6 is 15.9 Å². The standard InChI is InChI=1S/C19H19BrN4O6/c1-11-3-4-14(15(7-11)24(28)29)22-17(25)5-6-18(26)23-21-10-12-8-13(20)19(27)16(9-12)30-2/h3-4,7-10,27H,5-6H2,1-2H3,(H,22,25)(H,23,26)/b21-10+. The van der Waals surface area contributed by atoms with E-state index < -0.39 is 16.7 Å². The first-order chi connectivity index (χ1) is 14.2. The third kappa shape index (κ3) is 6.27. The lowest BCUT2D eigenvalue weighted by molar-refractivity contribution is -0.384. The molecule has 0 fully saturated rings. The summed E-state index contributed by atoms with van der Waals surface area (Å²) in [4.78, 5) is 34.4. The molecule has 0 aliphatic rings. The second kappa shape index (κ2) is 10.3. The van der Waals surface area contributed by atoms with E-state index in [9.17, 15) is 24.8 Å². The van der Waals surface area contributed by atoms with Crippen molar-refractivity contribution in [3.05, 3.63) is 56.0 Å². The highest BCUT2D eigenvalue weighted by molar-refractivity contribution is 9.10. The fraction of sp³-hybridized carbons (Fsp3) is 0.211. The second-order valence-electron chi connectivity index (χ2n) is 6.17. The molecule has 11 heteroatoms. The zero-order valence-electron chi connectivity index (χ0n) is 16.1. The van der Waals surface area contributed by atoms with Crippen LogP contribution in [0.4, 0.5) is 11.4 Å². The van der Waals surface area contributed by atoms with Crippen LogP contribution in [0, 0.1) is 17.0 Å². The van der Waals surface area contributed by atoms with Crippen LogP contribution in [0.15, 0.2) is 39.9 Å². The van der Waals surface area contributed by atoms with E-state index in [0.29, 0.717) is 15.6 Å². The van der Waals surface area contributed by atoms with E-state index in [1.165, 1.54) is 31.5 Å². The molecule has 2 amide bonds. The monoisotopic (exact) mass is 478 g/mol. The van der Waals surface area contributed by atoms with Gasteiger partial charge in [-0.1, -0.05) is 6.07 Å². The number of aryl methyl sites for hydroxylation is 1. The van der Waals surface area contributed by atoms with E-state index in [1.807, 2.05) is 0 Å². The van der Waals surface area contributed by atoms with Gasteiger partial charge in [0.25, 0.3) is 5.69 Å². The Balaban J connectivity index is 1.88. The molecule has 0 aliphatic heterocycles. The molecule has 2 aromatic rings.